The summed E-state index contributed by atoms with van der Waals surface area (Å²) in [7, 11) is 0. The number of hydrogen-bond acceptors (Lipinski definition) is 3. The zero-order valence-electron chi connectivity index (χ0n) is 10.2. The molecule has 0 aromatic heterocycles. The van der Waals surface area contributed by atoms with Gasteiger partial charge in [-0.05, 0) is 6.42 Å². The smallest absolute Gasteiger partial charge is 0.410 e. The largest absolute Gasteiger partial charge is 0.449 e. The quantitative estimate of drug-likeness (QED) is 0.681. The summed E-state index contributed by atoms with van der Waals surface area (Å²) in [4.78, 5) is 25.9. The summed E-state index contributed by atoms with van der Waals surface area (Å²) in [5.41, 5.74) is 0. The zero-order valence-corrected chi connectivity index (χ0v) is 10.2. The SMILES string of the molecule is CCCCOC(=O)N1CCN(CCF)C(=O)C1. The number of rotatable bonds is 5. The predicted molar refractivity (Wildman–Crippen MR) is 60.4 cm³/mol. The molecule has 0 radical (unpaired) electrons. The topological polar surface area (TPSA) is 49.9 Å². The average Bonchev–Trinajstić information content (AvgIpc) is 2.32. The van der Waals surface area contributed by atoms with Crippen LogP contribution in [0.3, 0.4) is 0 Å². The summed E-state index contributed by atoms with van der Waals surface area (Å²) >= 11 is 0. The van der Waals surface area contributed by atoms with Crippen LogP contribution in [0.25, 0.3) is 0 Å². The highest BCUT2D eigenvalue weighted by Crippen LogP contribution is 2.05. The maximum atomic E-state index is 12.1. The summed E-state index contributed by atoms with van der Waals surface area (Å²) in [6, 6.07) is 0. The van der Waals surface area contributed by atoms with E-state index in [0.29, 0.717) is 19.7 Å². The summed E-state index contributed by atoms with van der Waals surface area (Å²) in [5.74, 6) is -0.221. The van der Waals surface area contributed by atoms with E-state index in [1.807, 2.05) is 6.92 Å². The first kappa shape index (κ1) is 13.7. The molecule has 1 rings (SSSR count). The van der Waals surface area contributed by atoms with Gasteiger partial charge in [0.1, 0.15) is 13.2 Å². The predicted octanol–water partition coefficient (Wildman–Crippen LogP) is 1.04. The van der Waals surface area contributed by atoms with Crippen molar-refractivity contribution in [1.82, 2.24) is 9.80 Å². The average molecular weight is 246 g/mol. The highest BCUT2D eigenvalue weighted by atomic mass is 19.1. The third-order valence-electron chi connectivity index (χ3n) is 2.65. The van der Waals surface area contributed by atoms with E-state index in [9.17, 15) is 14.0 Å². The van der Waals surface area contributed by atoms with Crippen molar-refractivity contribution in [2.45, 2.75) is 19.8 Å². The molecule has 1 saturated heterocycles. The van der Waals surface area contributed by atoms with E-state index >= 15 is 0 Å². The Kier molecular flexibility index (Phi) is 5.72. The van der Waals surface area contributed by atoms with Gasteiger partial charge in [-0.2, -0.15) is 0 Å². The van der Waals surface area contributed by atoms with Gasteiger partial charge < -0.3 is 9.64 Å². The minimum absolute atomic E-state index is 0.00897. The number of ether oxygens (including phenoxy) is 1. The number of carbonyl (C=O) groups is 2. The van der Waals surface area contributed by atoms with E-state index in [-0.39, 0.29) is 19.0 Å². The maximum Gasteiger partial charge on any atom is 0.410 e. The van der Waals surface area contributed by atoms with Gasteiger partial charge in [-0.25, -0.2) is 9.18 Å². The Hall–Kier alpha value is -1.33. The van der Waals surface area contributed by atoms with Crippen molar-refractivity contribution in [3.63, 3.8) is 0 Å². The molecule has 0 saturated carbocycles. The number of unbranched alkanes of at least 4 members (excludes halogenated alkanes) is 1. The van der Waals surface area contributed by atoms with Crippen LogP contribution in [0.15, 0.2) is 0 Å². The van der Waals surface area contributed by atoms with Gasteiger partial charge in [0.2, 0.25) is 5.91 Å². The first-order valence-corrected chi connectivity index (χ1v) is 5.94. The van der Waals surface area contributed by atoms with Crippen molar-refractivity contribution in [1.29, 1.82) is 0 Å². The van der Waals surface area contributed by atoms with Crippen LogP contribution >= 0.6 is 0 Å². The Morgan fingerprint density at radius 2 is 2.24 bits per heavy atom. The molecule has 0 atom stereocenters. The number of piperazine rings is 1. The third-order valence-corrected chi connectivity index (χ3v) is 2.65. The second-order valence-corrected chi connectivity index (χ2v) is 3.96. The van der Waals surface area contributed by atoms with E-state index in [2.05, 4.69) is 0 Å². The molecule has 1 aliphatic heterocycles. The van der Waals surface area contributed by atoms with Gasteiger partial charge in [-0.1, -0.05) is 13.3 Å². The van der Waals surface area contributed by atoms with E-state index in [1.54, 1.807) is 0 Å². The van der Waals surface area contributed by atoms with Crippen LogP contribution in [0.5, 0.6) is 0 Å². The van der Waals surface area contributed by atoms with Crippen molar-refractivity contribution in [3.8, 4) is 0 Å². The summed E-state index contributed by atoms with van der Waals surface area (Å²) in [6.07, 6.45) is 1.32. The van der Waals surface area contributed by atoms with Gasteiger partial charge in [-0.3, -0.25) is 9.69 Å². The Balaban J connectivity index is 2.33. The Morgan fingerprint density at radius 3 is 2.82 bits per heavy atom. The lowest BCUT2D eigenvalue weighted by Gasteiger charge is -2.33. The molecule has 0 aromatic carbocycles. The molecule has 1 fully saturated rings. The first-order valence-electron chi connectivity index (χ1n) is 5.94. The van der Waals surface area contributed by atoms with E-state index in [0.717, 1.165) is 12.8 Å². The number of nitrogens with zero attached hydrogens (tertiary/aromatic N) is 2. The molecular formula is C11H19FN2O3. The molecule has 98 valence electrons. The minimum Gasteiger partial charge on any atom is -0.449 e. The molecule has 0 spiro atoms. The third kappa shape index (κ3) is 4.20. The summed E-state index contributed by atoms with van der Waals surface area (Å²) in [5, 5.41) is 0. The fourth-order valence-electron chi connectivity index (χ4n) is 1.60. The molecule has 6 heteroatoms. The van der Waals surface area contributed by atoms with Gasteiger partial charge in [-0.15, -0.1) is 0 Å². The zero-order chi connectivity index (χ0) is 12.7. The van der Waals surface area contributed by atoms with Gasteiger partial charge in [0.25, 0.3) is 0 Å². The van der Waals surface area contributed by atoms with Gasteiger partial charge in [0, 0.05) is 19.6 Å². The number of halogens is 1. The normalized spacial score (nSPS) is 16.2. The second kappa shape index (κ2) is 7.09. The second-order valence-electron chi connectivity index (χ2n) is 3.96. The number of alkyl halides is 1. The maximum absolute atomic E-state index is 12.1. The molecule has 17 heavy (non-hydrogen) atoms. The molecule has 0 N–H and O–H groups in total. The van der Waals surface area contributed by atoms with Crippen LogP contribution < -0.4 is 0 Å². The van der Waals surface area contributed by atoms with Crippen molar-refractivity contribution in [2.75, 3.05) is 39.5 Å². The van der Waals surface area contributed by atoms with Crippen molar-refractivity contribution in [2.24, 2.45) is 0 Å². The van der Waals surface area contributed by atoms with Crippen LogP contribution in [0.1, 0.15) is 19.8 Å². The molecule has 0 unspecified atom stereocenters. The monoisotopic (exact) mass is 246 g/mol. The lowest BCUT2D eigenvalue weighted by Crippen LogP contribution is -2.52. The van der Waals surface area contributed by atoms with Crippen LogP contribution in [-0.4, -0.2) is 61.3 Å². The fourth-order valence-corrected chi connectivity index (χ4v) is 1.60. The van der Waals surface area contributed by atoms with Crippen molar-refractivity contribution >= 4 is 12.0 Å². The van der Waals surface area contributed by atoms with E-state index in [4.69, 9.17) is 4.74 Å². The van der Waals surface area contributed by atoms with Crippen LogP contribution in [0, 0.1) is 0 Å². The molecule has 0 bridgehead atoms. The van der Waals surface area contributed by atoms with Crippen molar-refractivity contribution < 1.29 is 18.7 Å². The van der Waals surface area contributed by atoms with Crippen LogP contribution in [-0.2, 0) is 9.53 Å². The molecular weight excluding hydrogens is 227 g/mol. The minimum atomic E-state index is -0.549. The van der Waals surface area contributed by atoms with Crippen molar-refractivity contribution in [3.05, 3.63) is 0 Å². The Morgan fingerprint density at radius 1 is 1.47 bits per heavy atom. The van der Waals surface area contributed by atoms with Gasteiger partial charge in [0.15, 0.2) is 0 Å². The molecule has 0 aliphatic carbocycles. The summed E-state index contributed by atoms with van der Waals surface area (Å²) in [6.45, 7) is 2.73. The number of hydrogen-bond donors (Lipinski definition) is 0. The molecule has 0 aromatic rings. The first-order chi connectivity index (χ1) is 8.19. The number of carbonyl (C=O) groups excluding carboxylic acids is 2. The lowest BCUT2D eigenvalue weighted by molar-refractivity contribution is -0.135. The standard InChI is InChI=1S/C11H19FN2O3/c1-2-3-8-17-11(16)14-7-6-13(5-4-12)10(15)9-14/h2-9H2,1H3. The highest BCUT2D eigenvalue weighted by molar-refractivity contribution is 5.83. The molecule has 5 nitrogen and oxygen atoms in total. The van der Waals surface area contributed by atoms with Crippen LogP contribution in [0.4, 0.5) is 9.18 Å². The fraction of sp³-hybridized carbons (Fsp3) is 0.818. The summed E-state index contributed by atoms with van der Waals surface area (Å²) < 4.78 is 17.1. The highest BCUT2D eigenvalue weighted by Gasteiger charge is 2.27. The van der Waals surface area contributed by atoms with Crippen LogP contribution in [0.2, 0.25) is 0 Å². The Bertz CT molecular complexity index is 273. The van der Waals surface area contributed by atoms with E-state index < -0.39 is 12.8 Å². The number of amides is 2. The molecule has 2 amide bonds. The molecule has 1 heterocycles. The van der Waals surface area contributed by atoms with Gasteiger partial charge in [0.05, 0.1) is 6.61 Å². The lowest BCUT2D eigenvalue weighted by atomic mass is 10.3. The van der Waals surface area contributed by atoms with E-state index in [1.165, 1.54) is 9.80 Å². The molecule has 1 aliphatic rings. The Labute approximate surface area is 101 Å². The van der Waals surface area contributed by atoms with Gasteiger partial charge >= 0.3 is 6.09 Å².